The van der Waals surface area contributed by atoms with Crippen LogP contribution in [0.15, 0.2) is 89.4 Å². The van der Waals surface area contributed by atoms with Crippen LogP contribution in [0.4, 0.5) is 4.79 Å². The van der Waals surface area contributed by atoms with Crippen molar-refractivity contribution in [1.82, 2.24) is 20.5 Å². The third-order valence-corrected chi connectivity index (χ3v) is 10.1. The SMILES string of the molecule is NCCCC[C@H](NC(=O)[C@@H]1C[C@@H](OCC=Cc2ccc(Cl)cc2)CN1C(=O)[C@@H](CCc1ccccc1)NC(=O)OCC1CC1)C(=O)c1nc2ccccc2o1. The fourth-order valence-corrected chi connectivity index (χ4v) is 6.72. The lowest BCUT2D eigenvalue weighted by molar-refractivity contribution is -0.140. The van der Waals surface area contributed by atoms with Crippen molar-refractivity contribution in [3.05, 3.63) is 107 Å². The van der Waals surface area contributed by atoms with Crippen LogP contribution in [0, 0.1) is 5.92 Å². The predicted octanol–water partition coefficient (Wildman–Crippen LogP) is 6.11. The number of oxazole rings is 1. The molecule has 1 aromatic heterocycles. The summed E-state index contributed by atoms with van der Waals surface area (Å²) in [6.07, 6.45) is 7.06. The zero-order valence-corrected chi connectivity index (χ0v) is 31.5. The van der Waals surface area contributed by atoms with Crippen molar-refractivity contribution in [1.29, 1.82) is 0 Å². The van der Waals surface area contributed by atoms with Gasteiger partial charge in [-0.3, -0.25) is 14.4 Å². The Kier molecular flexibility index (Phi) is 14.1. The van der Waals surface area contributed by atoms with Crippen molar-refractivity contribution in [3.8, 4) is 0 Å². The summed E-state index contributed by atoms with van der Waals surface area (Å²) in [6, 6.07) is 21.1. The van der Waals surface area contributed by atoms with Crippen LogP contribution in [0.5, 0.6) is 0 Å². The molecule has 1 aliphatic carbocycles. The normalized spacial score (nSPS) is 18.0. The van der Waals surface area contributed by atoms with Gasteiger partial charge in [0.25, 0.3) is 5.89 Å². The molecule has 12 nitrogen and oxygen atoms in total. The van der Waals surface area contributed by atoms with E-state index in [2.05, 4.69) is 15.6 Å². The predicted molar refractivity (Wildman–Crippen MR) is 209 cm³/mol. The molecule has 1 aliphatic heterocycles. The van der Waals surface area contributed by atoms with Crippen molar-refractivity contribution in [2.75, 3.05) is 26.3 Å². The minimum absolute atomic E-state index is 0.100. The Labute approximate surface area is 325 Å². The number of amides is 3. The minimum atomic E-state index is -0.991. The van der Waals surface area contributed by atoms with Gasteiger partial charge in [-0.1, -0.05) is 78.4 Å². The number of carbonyl (C=O) groups is 4. The molecule has 0 bridgehead atoms. The number of Topliss-reactive ketones (excluding diaryl/α,β-unsaturated/α-hetero) is 1. The monoisotopic (exact) mass is 769 g/mol. The summed E-state index contributed by atoms with van der Waals surface area (Å²) in [7, 11) is 0. The van der Waals surface area contributed by atoms with E-state index in [1.807, 2.05) is 54.6 Å². The first-order valence-electron chi connectivity index (χ1n) is 19.0. The van der Waals surface area contributed by atoms with E-state index in [1.54, 1.807) is 36.4 Å². The van der Waals surface area contributed by atoms with Gasteiger partial charge in [-0.25, -0.2) is 9.78 Å². The summed E-state index contributed by atoms with van der Waals surface area (Å²) in [6.45, 7) is 1.04. The number of ketones is 1. The number of carbonyl (C=O) groups excluding carboxylic acids is 4. The molecule has 4 aromatic rings. The summed E-state index contributed by atoms with van der Waals surface area (Å²) < 4.78 is 17.4. The third kappa shape index (κ3) is 11.5. The number of ether oxygens (including phenoxy) is 2. The highest BCUT2D eigenvalue weighted by atomic mass is 35.5. The van der Waals surface area contributed by atoms with Crippen molar-refractivity contribution >= 4 is 52.5 Å². The molecule has 0 unspecified atom stereocenters. The highest BCUT2D eigenvalue weighted by Gasteiger charge is 2.43. The summed E-state index contributed by atoms with van der Waals surface area (Å²) in [5.41, 5.74) is 8.69. The molecule has 2 heterocycles. The fourth-order valence-electron chi connectivity index (χ4n) is 6.59. The number of aromatic nitrogens is 1. The fraction of sp³-hybridized carbons (Fsp3) is 0.405. The maximum Gasteiger partial charge on any atom is 0.407 e. The number of hydrogen-bond donors (Lipinski definition) is 3. The van der Waals surface area contributed by atoms with E-state index < -0.39 is 47.9 Å². The molecule has 3 aromatic carbocycles. The number of nitrogens with one attached hydrogen (secondary N) is 2. The van der Waals surface area contributed by atoms with Gasteiger partial charge >= 0.3 is 6.09 Å². The Bertz CT molecular complexity index is 1900. The number of nitrogens with two attached hydrogens (primary N) is 1. The first-order chi connectivity index (χ1) is 26.8. The van der Waals surface area contributed by atoms with Crippen LogP contribution in [-0.2, 0) is 25.5 Å². The van der Waals surface area contributed by atoms with Gasteiger partial charge in [0.05, 0.1) is 25.4 Å². The number of unbranched alkanes of at least 4 members (excludes halogenated alkanes) is 1. The zero-order chi connectivity index (χ0) is 38.6. The summed E-state index contributed by atoms with van der Waals surface area (Å²) >= 11 is 6.02. The minimum Gasteiger partial charge on any atom is -0.449 e. The lowest BCUT2D eigenvalue weighted by Crippen LogP contribution is -2.55. The Morgan fingerprint density at radius 2 is 1.71 bits per heavy atom. The first kappa shape index (κ1) is 39.6. The Morgan fingerprint density at radius 3 is 2.45 bits per heavy atom. The van der Waals surface area contributed by atoms with Gasteiger partial charge in [0, 0.05) is 18.0 Å². The molecule has 0 radical (unpaired) electrons. The number of rotatable bonds is 19. The van der Waals surface area contributed by atoms with E-state index in [1.165, 1.54) is 4.90 Å². The second-order valence-electron chi connectivity index (χ2n) is 14.1. The molecular weight excluding hydrogens is 722 g/mol. The first-order valence-corrected chi connectivity index (χ1v) is 19.4. The van der Waals surface area contributed by atoms with Crippen molar-refractivity contribution in [3.63, 3.8) is 0 Å². The molecule has 13 heteroatoms. The van der Waals surface area contributed by atoms with Crippen LogP contribution in [0.25, 0.3) is 17.2 Å². The molecule has 1 saturated heterocycles. The average Bonchev–Trinajstić information content (AvgIpc) is 3.77. The van der Waals surface area contributed by atoms with Gasteiger partial charge in [-0.2, -0.15) is 0 Å². The lowest BCUT2D eigenvalue weighted by atomic mass is 10.0. The molecule has 4 N–H and O–H groups in total. The number of halogens is 1. The number of aryl methyl sites for hydroxylation is 1. The van der Waals surface area contributed by atoms with Crippen molar-refractivity contribution < 1.29 is 33.1 Å². The molecular formula is C42H48ClN5O7. The topological polar surface area (TPSA) is 166 Å². The van der Waals surface area contributed by atoms with Crippen molar-refractivity contribution in [2.24, 2.45) is 11.7 Å². The summed E-state index contributed by atoms with van der Waals surface area (Å²) in [5.74, 6) is -1.19. The molecule has 0 spiro atoms. The molecule has 2 fully saturated rings. The van der Waals surface area contributed by atoms with Crippen LogP contribution in [0.2, 0.25) is 5.02 Å². The third-order valence-electron chi connectivity index (χ3n) is 9.84. The Hall–Kier alpha value is -5.04. The zero-order valence-electron chi connectivity index (χ0n) is 30.7. The van der Waals surface area contributed by atoms with Gasteiger partial charge in [-0.05, 0) is 92.8 Å². The summed E-state index contributed by atoms with van der Waals surface area (Å²) in [4.78, 5) is 61.4. The molecule has 2 aliphatic rings. The quantitative estimate of drug-likeness (QED) is 0.0753. The van der Waals surface area contributed by atoms with E-state index in [0.29, 0.717) is 60.9 Å². The van der Waals surface area contributed by atoms with Gasteiger partial charge in [-0.15, -0.1) is 0 Å². The van der Waals surface area contributed by atoms with Crippen LogP contribution in [0.1, 0.15) is 66.8 Å². The number of fused-ring (bicyclic) bond motifs is 1. The maximum absolute atomic E-state index is 14.5. The van der Waals surface area contributed by atoms with Crippen LogP contribution in [0.3, 0.4) is 0 Å². The van der Waals surface area contributed by atoms with E-state index >= 15 is 0 Å². The molecule has 3 amide bonds. The molecule has 4 atom stereocenters. The highest BCUT2D eigenvalue weighted by Crippen LogP contribution is 2.29. The van der Waals surface area contributed by atoms with Gasteiger partial charge < -0.3 is 35.2 Å². The number of benzene rings is 3. The number of hydrogen-bond acceptors (Lipinski definition) is 9. The molecule has 55 heavy (non-hydrogen) atoms. The number of para-hydroxylation sites is 2. The van der Waals surface area contributed by atoms with E-state index in [9.17, 15) is 19.2 Å². The van der Waals surface area contributed by atoms with E-state index in [-0.39, 0.29) is 31.9 Å². The number of nitrogens with zero attached hydrogens (tertiary/aromatic N) is 2. The smallest absolute Gasteiger partial charge is 0.407 e. The largest absolute Gasteiger partial charge is 0.449 e. The van der Waals surface area contributed by atoms with E-state index in [4.69, 9.17) is 31.2 Å². The highest BCUT2D eigenvalue weighted by molar-refractivity contribution is 6.30. The molecule has 1 saturated carbocycles. The van der Waals surface area contributed by atoms with Crippen LogP contribution >= 0.6 is 11.6 Å². The Morgan fingerprint density at radius 1 is 0.945 bits per heavy atom. The summed E-state index contributed by atoms with van der Waals surface area (Å²) in [5, 5.41) is 6.35. The Balaban J connectivity index is 1.21. The second-order valence-corrected chi connectivity index (χ2v) is 14.5. The second kappa shape index (κ2) is 19.5. The number of alkyl carbamates (subject to hydrolysis) is 1. The lowest BCUT2D eigenvalue weighted by Gasteiger charge is -2.29. The maximum atomic E-state index is 14.5. The van der Waals surface area contributed by atoms with Crippen LogP contribution in [-0.4, -0.2) is 84.1 Å². The number of likely N-dealkylation sites (tertiary alicyclic amines) is 1. The van der Waals surface area contributed by atoms with Gasteiger partial charge in [0.1, 0.15) is 17.6 Å². The van der Waals surface area contributed by atoms with Gasteiger partial charge in [0.2, 0.25) is 17.6 Å². The van der Waals surface area contributed by atoms with Crippen LogP contribution < -0.4 is 16.4 Å². The molecule has 290 valence electrons. The van der Waals surface area contributed by atoms with Crippen molar-refractivity contribution in [2.45, 2.75) is 75.6 Å². The van der Waals surface area contributed by atoms with Gasteiger partial charge in [0.15, 0.2) is 5.58 Å². The molecule has 6 rings (SSSR count). The average molecular weight is 770 g/mol. The standard InChI is InChI=1S/C42H48ClN5O7/c43-31-20-17-29(18-21-31)11-8-24-53-32-25-36(39(50)45-34(13-6-7-23-44)38(49)40-46-33-12-4-5-14-37(33)55-40)48(26-32)41(51)35(22-19-28-9-2-1-3-10-28)47-42(52)54-27-30-15-16-30/h1-5,8-12,14,17-18,20-21,30,32,34-36H,6-7,13,15-16,19,22-27,44H2,(H,45,50)(H,47,52)/t32-,34+,35-,36+/m1/s1. The van der Waals surface area contributed by atoms with E-state index in [0.717, 1.165) is 24.0 Å².